The van der Waals surface area contributed by atoms with E-state index in [1.165, 1.54) is 36.7 Å². The van der Waals surface area contributed by atoms with Gasteiger partial charge in [0.1, 0.15) is 19.0 Å². The van der Waals surface area contributed by atoms with E-state index in [0.29, 0.717) is 21.7 Å². The van der Waals surface area contributed by atoms with Gasteiger partial charge in [0, 0.05) is 12.1 Å². The Balaban J connectivity index is 1.79. The Hall–Kier alpha value is -3.39. The highest BCUT2D eigenvalue weighted by atomic mass is 32.2. The fourth-order valence-electron chi connectivity index (χ4n) is 2.53. The van der Waals surface area contributed by atoms with Crippen LogP contribution in [0.5, 0.6) is 5.75 Å². The van der Waals surface area contributed by atoms with Gasteiger partial charge in [0.25, 0.3) is 10.0 Å². The molecule has 0 saturated carbocycles. The number of ether oxygens (including phenoxy) is 1. The number of hydrogen-bond donors (Lipinski definition) is 1. The Morgan fingerprint density at radius 1 is 1.00 bits per heavy atom. The highest BCUT2D eigenvalue weighted by molar-refractivity contribution is 7.92. The summed E-state index contributed by atoms with van der Waals surface area (Å²) < 4.78 is 46.0. The second-order valence-corrected chi connectivity index (χ2v) is 7.71. The van der Waals surface area contributed by atoms with E-state index in [0.717, 1.165) is 5.56 Å². The van der Waals surface area contributed by atoms with Gasteiger partial charge in [-0.15, -0.1) is 0 Å². The molecule has 6 nitrogen and oxygen atoms in total. The number of alkyl halides is 1. The molecule has 0 amide bonds. The van der Waals surface area contributed by atoms with Gasteiger partial charge >= 0.3 is 0 Å². The number of aromatic nitrogens is 1. The molecule has 0 bridgehead atoms. The van der Waals surface area contributed by atoms with E-state index in [1.54, 1.807) is 48.6 Å². The van der Waals surface area contributed by atoms with E-state index in [4.69, 9.17) is 4.74 Å². The minimum absolute atomic E-state index is 0.0620. The smallest absolute Gasteiger partial charge is 0.261 e. The Bertz CT molecular complexity index is 1080. The Morgan fingerprint density at radius 3 is 2.38 bits per heavy atom. The number of rotatable bonds is 8. The molecule has 0 aliphatic heterocycles. The lowest BCUT2D eigenvalue weighted by Crippen LogP contribution is -2.23. The molecule has 0 fully saturated rings. The topological polar surface area (TPSA) is 82.3 Å². The predicted molar refractivity (Wildman–Crippen MR) is 109 cm³/mol. The molecule has 0 spiro atoms. The lowest BCUT2D eigenvalue weighted by atomic mass is 10.1. The molecular weight excluding hydrogens is 395 g/mol. The Kier molecular flexibility index (Phi) is 6.46. The molecular formula is C21H19FN2O4S. The zero-order valence-corrected chi connectivity index (χ0v) is 16.2. The first-order valence-electron chi connectivity index (χ1n) is 8.75. The predicted octanol–water partition coefficient (Wildman–Crippen LogP) is 3.64. The molecule has 0 aliphatic rings. The monoisotopic (exact) mass is 414 g/mol. The summed E-state index contributed by atoms with van der Waals surface area (Å²) in [5.74, 6) is 0.396. The van der Waals surface area contributed by atoms with Crippen LogP contribution in [0.3, 0.4) is 0 Å². The first-order valence-corrected chi connectivity index (χ1v) is 10.2. The van der Waals surface area contributed by atoms with Crippen molar-refractivity contribution in [2.75, 3.05) is 18.0 Å². The third-order valence-electron chi connectivity index (χ3n) is 3.97. The zero-order valence-electron chi connectivity index (χ0n) is 15.4. The average molecular weight is 414 g/mol. The number of nitrogens with one attached hydrogen (secondary N) is 1. The van der Waals surface area contributed by atoms with Gasteiger partial charge in [-0.05, 0) is 41.5 Å². The quantitative estimate of drug-likeness (QED) is 0.451. The maximum Gasteiger partial charge on any atom is 0.261 e. The second-order valence-electron chi connectivity index (χ2n) is 6.03. The summed E-state index contributed by atoms with van der Waals surface area (Å²) in [5.41, 5.74) is 1.88. The van der Waals surface area contributed by atoms with Crippen molar-refractivity contribution in [2.24, 2.45) is 0 Å². The van der Waals surface area contributed by atoms with Gasteiger partial charge in [-0.3, -0.25) is 4.72 Å². The van der Waals surface area contributed by atoms with Crippen LogP contribution in [-0.4, -0.2) is 21.7 Å². The van der Waals surface area contributed by atoms with Gasteiger partial charge in [-0.25, -0.2) is 12.8 Å². The van der Waals surface area contributed by atoms with E-state index in [-0.39, 0.29) is 11.5 Å². The number of nitrogens with zero attached hydrogens (tertiary/aromatic N) is 1. The van der Waals surface area contributed by atoms with Crippen molar-refractivity contribution >= 4 is 27.9 Å². The molecule has 2 aromatic carbocycles. The maximum atomic E-state index is 12.7. The van der Waals surface area contributed by atoms with Crippen LogP contribution in [0.15, 0.2) is 78.0 Å². The normalized spacial score (nSPS) is 11.5. The lowest BCUT2D eigenvalue weighted by molar-refractivity contribution is -0.605. The van der Waals surface area contributed by atoms with E-state index >= 15 is 0 Å². The number of hydrogen-bond acceptors (Lipinski definition) is 4. The van der Waals surface area contributed by atoms with Crippen molar-refractivity contribution in [3.05, 3.63) is 89.4 Å². The summed E-state index contributed by atoms with van der Waals surface area (Å²) >= 11 is 0. The van der Waals surface area contributed by atoms with E-state index in [9.17, 15) is 18.0 Å². The molecule has 0 unspecified atom stereocenters. The van der Waals surface area contributed by atoms with Crippen molar-refractivity contribution in [3.8, 4) is 5.75 Å². The number of halogens is 1. The van der Waals surface area contributed by atoms with Crippen LogP contribution in [0, 0.1) is 5.21 Å². The first kappa shape index (κ1) is 20.3. The molecule has 0 radical (unpaired) electrons. The van der Waals surface area contributed by atoms with Gasteiger partial charge in [0.05, 0.1) is 10.6 Å². The number of anilines is 1. The molecule has 0 aliphatic carbocycles. The van der Waals surface area contributed by atoms with Crippen LogP contribution in [0.2, 0.25) is 0 Å². The summed E-state index contributed by atoms with van der Waals surface area (Å²) in [7, 11) is -3.82. The summed E-state index contributed by atoms with van der Waals surface area (Å²) in [5, 5.41) is 11.1. The SMILES string of the molecule is O=S(=O)(Nc1ccccc1/C=C/c1cc[n+]([O-])cc1)c1ccc(OCCF)cc1. The van der Waals surface area contributed by atoms with E-state index < -0.39 is 16.7 Å². The fourth-order valence-corrected chi connectivity index (χ4v) is 3.62. The molecule has 1 aromatic heterocycles. The Labute approximate surface area is 168 Å². The molecule has 0 saturated heterocycles. The molecule has 8 heteroatoms. The summed E-state index contributed by atoms with van der Waals surface area (Å²) in [6, 6.07) is 16.0. The molecule has 3 aromatic rings. The molecule has 29 heavy (non-hydrogen) atoms. The molecule has 1 heterocycles. The molecule has 0 atom stereocenters. The van der Waals surface area contributed by atoms with E-state index in [1.807, 2.05) is 0 Å². The van der Waals surface area contributed by atoms with Crippen LogP contribution < -0.4 is 14.2 Å². The minimum Gasteiger partial charge on any atom is -0.619 e. The van der Waals surface area contributed by atoms with Gasteiger partial charge < -0.3 is 9.94 Å². The number of para-hydroxylation sites is 1. The van der Waals surface area contributed by atoms with Crippen LogP contribution in [0.1, 0.15) is 11.1 Å². The first-order chi connectivity index (χ1) is 14.0. The molecule has 3 rings (SSSR count). The summed E-state index contributed by atoms with van der Waals surface area (Å²) in [6.45, 7) is -0.702. The lowest BCUT2D eigenvalue weighted by Gasteiger charge is -2.11. The molecule has 150 valence electrons. The Morgan fingerprint density at radius 2 is 1.69 bits per heavy atom. The number of sulfonamides is 1. The minimum atomic E-state index is -3.82. The van der Waals surface area contributed by atoms with Gasteiger partial charge in [-0.1, -0.05) is 30.4 Å². The third kappa shape index (κ3) is 5.55. The van der Waals surface area contributed by atoms with Crippen LogP contribution in [-0.2, 0) is 10.0 Å². The summed E-state index contributed by atoms with van der Waals surface area (Å²) in [4.78, 5) is 0.0620. The van der Waals surface area contributed by atoms with Crippen molar-refractivity contribution in [1.29, 1.82) is 0 Å². The van der Waals surface area contributed by atoms with Gasteiger partial charge in [-0.2, -0.15) is 4.73 Å². The average Bonchev–Trinajstić information content (AvgIpc) is 2.73. The van der Waals surface area contributed by atoms with Crippen molar-refractivity contribution in [3.63, 3.8) is 0 Å². The van der Waals surface area contributed by atoms with Crippen LogP contribution >= 0.6 is 0 Å². The van der Waals surface area contributed by atoms with Crippen LogP contribution in [0.25, 0.3) is 12.2 Å². The number of benzene rings is 2. The standard InChI is InChI=1S/C21H19FN2O4S/c22-13-16-28-19-7-9-20(10-8-19)29(26,27)23-21-4-2-1-3-18(21)6-5-17-11-14-24(25)15-12-17/h1-12,14-15,23H,13,16H2/b6-5+. The largest absolute Gasteiger partial charge is 0.619 e. The maximum absolute atomic E-state index is 12.7. The van der Waals surface area contributed by atoms with Crippen molar-refractivity contribution < 1.29 is 22.3 Å². The van der Waals surface area contributed by atoms with Crippen molar-refractivity contribution in [1.82, 2.24) is 0 Å². The molecule has 1 N–H and O–H groups in total. The van der Waals surface area contributed by atoms with Gasteiger partial charge in [0.15, 0.2) is 12.4 Å². The second kappa shape index (κ2) is 9.20. The van der Waals surface area contributed by atoms with Crippen LogP contribution in [0.4, 0.5) is 10.1 Å². The summed E-state index contributed by atoms with van der Waals surface area (Å²) in [6.07, 6.45) is 6.31. The number of pyridine rings is 1. The fraction of sp³-hybridized carbons (Fsp3) is 0.0952. The third-order valence-corrected chi connectivity index (χ3v) is 5.35. The zero-order chi connectivity index (χ0) is 20.7. The van der Waals surface area contributed by atoms with Gasteiger partial charge in [0.2, 0.25) is 0 Å². The highest BCUT2D eigenvalue weighted by Crippen LogP contribution is 2.23. The van der Waals surface area contributed by atoms with Crippen molar-refractivity contribution in [2.45, 2.75) is 4.90 Å². The van der Waals surface area contributed by atoms with E-state index in [2.05, 4.69) is 4.72 Å². The highest BCUT2D eigenvalue weighted by Gasteiger charge is 2.15.